The summed E-state index contributed by atoms with van der Waals surface area (Å²) in [5.74, 6) is 1.53. The van der Waals surface area contributed by atoms with Crippen LogP contribution in [0.4, 0.5) is 5.82 Å². The maximum absolute atomic E-state index is 12.7. The Kier molecular flexibility index (Phi) is 9.07. The predicted octanol–water partition coefficient (Wildman–Crippen LogP) is 2.27. The lowest BCUT2D eigenvalue weighted by atomic mass is 9.99. The molecule has 0 spiro atoms. The Morgan fingerprint density at radius 2 is 1.93 bits per heavy atom. The summed E-state index contributed by atoms with van der Waals surface area (Å²) < 4.78 is 0. The van der Waals surface area contributed by atoms with Gasteiger partial charge in [-0.1, -0.05) is 0 Å². The highest BCUT2D eigenvalue weighted by Gasteiger charge is 2.22. The molecule has 1 amide bonds. The molecule has 0 aromatic carbocycles. The minimum Gasteiger partial charge on any atom is -0.355 e. The standard InChI is InChI=1S/C20H26N6O.2ClH/c27-20(17-10-16(12-23-13-17)9-15-1-4-21-11-15)25-18-2-7-26(8-3-18)19-14-22-5-6-24-19;;/h5-6,10,12-15,18,21H,1-4,7-9,11H2,(H,25,27);2*1H. The summed E-state index contributed by atoms with van der Waals surface area (Å²) in [6.07, 6.45) is 12.7. The molecule has 0 saturated carbocycles. The first kappa shape index (κ1) is 23.3. The Morgan fingerprint density at radius 3 is 2.62 bits per heavy atom. The van der Waals surface area contributed by atoms with E-state index in [1.807, 2.05) is 12.3 Å². The lowest BCUT2D eigenvalue weighted by Gasteiger charge is -2.32. The Morgan fingerprint density at radius 1 is 1.10 bits per heavy atom. The topological polar surface area (TPSA) is 83.0 Å². The molecule has 4 rings (SSSR count). The molecule has 1 atom stereocenters. The van der Waals surface area contributed by atoms with Crippen molar-refractivity contribution in [3.8, 4) is 0 Å². The van der Waals surface area contributed by atoms with Crippen LogP contribution < -0.4 is 15.5 Å². The number of pyridine rings is 1. The van der Waals surface area contributed by atoms with E-state index in [2.05, 4.69) is 30.5 Å². The van der Waals surface area contributed by atoms with Crippen LogP contribution in [-0.4, -0.2) is 53.1 Å². The molecule has 4 heterocycles. The second kappa shape index (κ2) is 11.3. The Balaban J connectivity index is 0.00000150. The zero-order chi connectivity index (χ0) is 18.5. The summed E-state index contributed by atoms with van der Waals surface area (Å²) in [5.41, 5.74) is 1.81. The van der Waals surface area contributed by atoms with E-state index in [0.717, 1.165) is 56.8 Å². The predicted molar refractivity (Wildman–Crippen MR) is 118 cm³/mol. The van der Waals surface area contributed by atoms with E-state index < -0.39 is 0 Å². The van der Waals surface area contributed by atoms with Crippen molar-refractivity contribution in [1.29, 1.82) is 0 Å². The fraction of sp³-hybridized carbons (Fsp3) is 0.500. The minimum absolute atomic E-state index is 0. The third kappa shape index (κ3) is 6.26. The van der Waals surface area contributed by atoms with Crippen molar-refractivity contribution in [2.24, 2.45) is 5.92 Å². The maximum Gasteiger partial charge on any atom is 0.253 e. The van der Waals surface area contributed by atoms with E-state index in [1.54, 1.807) is 24.8 Å². The molecule has 2 fully saturated rings. The number of hydrogen-bond donors (Lipinski definition) is 2. The molecular weight excluding hydrogens is 411 g/mol. The Hall–Kier alpha value is -1.96. The number of carbonyl (C=O) groups excluding carboxylic acids is 1. The molecule has 9 heteroatoms. The van der Waals surface area contributed by atoms with Crippen molar-refractivity contribution in [3.05, 3.63) is 48.2 Å². The number of rotatable bonds is 5. The van der Waals surface area contributed by atoms with Gasteiger partial charge in [0.25, 0.3) is 5.91 Å². The van der Waals surface area contributed by atoms with Crippen LogP contribution in [-0.2, 0) is 6.42 Å². The highest BCUT2D eigenvalue weighted by molar-refractivity contribution is 5.94. The molecule has 2 saturated heterocycles. The van der Waals surface area contributed by atoms with Gasteiger partial charge in [0, 0.05) is 43.9 Å². The zero-order valence-corrected chi connectivity index (χ0v) is 17.9. The summed E-state index contributed by atoms with van der Waals surface area (Å²) in [5, 5.41) is 6.56. The molecule has 0 aliphatic carbocycles. The van der Waals surface area contributed by atoms with Crippen molar-refractivity contribution >= 4 is 36.5 Å². The smallest absolute Gasteiger partial charge is 0.253 e. The molecule has 158 valence electrons. The first-order chi connectivity index (χ1) is 13.3. The van der Waals surface area contributed by atoms with E-state index >= 15 is 0 Å². The zero-order valence-electron chi connectivity index (χ0n) is 16.3. The van der Waals surface area contributed by atoms with Gasteiger partial charge in [0.15, 0.2) is 0 Å². The molecule has 7 nitrogen and oxygen atoms in total. The highest BCUT2D eigenvalue weighted by Crippen LogP contribution is 2.18. The summed E-state index contributed by atoms with van der Waals surface area (Å²) in [6.45, 7) is 3.89. The van der Waals surface area contributed by atoms with Crippen LogP contribution in [0, 0.1) is 5.92 Å². The van der Waals surface area contributed by atoms with Gasteiger partial charge in [0.05, 0.1) is 11.8 Å². The maximum atomic E-state index is 12.7. The van der Waals surface area contributed by atoms with Crippen LogP contribution in [0.15, 0.2) is 37.1 Å². The number of nitrogens with one attached hydrogen (secondary N) is 2. The summed E-state index contributed by atoms with van der Waals surface area (Å²) >= 11 is 0. The summed E-state index contributed by atoms with van der Waals surface area (Å²) in [4.78, 5) is 27.6. The molecular formula is C20H28Cl2N6O. The van der Waals surface area contributed by atoms with E-state index in [1.165, 1.54) is 6.42 Å². The van der Waals surface area contributed by atoms with Gasteiger partial charge in [0.2, 0.25) is 0 Å². The van der Waals surface area contributed by atoms with Crippen molar-refractivity contribution < 1.29 is 4.79 Å². The highest BCUT2D eigenvalue weighted by atomic mass is 35.5. The van der Waals surface area contributed by atoms with Crippen LogP contribution in [0.5, 0.6) is 0 Å². The quantitative estimate of drug-likeness (QED) is 0.744. The van der Waals surface area contributed by atoms with Crippen molar-refractivity contribution in [2.45, 2.75) is 31.7 Å². The van der Waals surface area contributed by atoms with E-state index in [9.17, 15) is 4.79 Å². The lowest BCUT2D eigenvalue weighted by molar-refractivity contribution is 0.0930. The van der Waals surface area contributed by atoms with Gasteiger partial charge in [-0.05, 0) is 56.3 Å². The third-order valence-corrected chi connectivity index (χ3v) is 5.45. The monoisotopic (exact) mass is 438 g/mol. The number of anilines is 1. The van der Waals surface area contributed by atoms with E-state index in [0.29, 0.717) is 11.5 Å². The molecule has 2 aromatic heterocycles. The molecule has 2 N–H and O–H groups in total. The van der Waals surface area contributed by atoms with Gasteiger partial charge in [0.1, 0.15) is 5.82 Å². The van der Waals surface area contributed by atoms with E-state index in [4.69, 9.17) is 0 Å². The first-order valence-electron chi connectivity index (χ1n) is 9.74. The number of hydrogen-bond acceptors (Lipinski definition) is 6. The second-order valence-corrected chi connectivity index (χ2v) is 7.44. The van der Waals surface area contributed by atoms with Gasteiger partial charge >= 0.3 is 0 Å². The van der Waals surface area contributed by atoms with Crippen LogP contribution in [0.2, 0.25) is 0 Å². The normalized spacial score (nSPS) is 19.2. The van der Waals surface area contributed by atoms with Gasteiger partial charge in [-0.25, -0.2) is 4.98 Å². The van der Waals surface area contributed by atoms with E-state index in [-0.39, 0.29) is 36.8 Å². The second-order valence-electron chi connectivity index (χ2n) is 7.44. The van der Waals surface area contributed by atoms with Crippen molar-refractivity contribution in [1.82, 2.24) is 25.6 Å². The molecule has 1 unspecified atom stereocenters. The largest absolute Gasteiger partial charge is 0.355 e. The molecule has 29 heavy (non-hydrogen) atoms. The first-order valence-corrected chi connectivity index (χ1v) is 9.74. The minimum atomic E-state index is -0.0214. The van der Waals surface area contributed by atoms with Crippen molar-refractivity contribution in [3.63, 3.8) is 0 Å². The fourth-order valence-corrected chi connectivity index (χ4v) is 3.92. The third-order valence-electron chi connectivity index (χ3n) is 5.45. The fourth-order valence-electron chi connectivity index (χ4n) is 3.92. The number of aromatic nitrogens is 3. The Bertz CT molecular complexity index is 765. The van der Waals surface area contributed by atoms with Gasteiger partial charge < -0.3 is 15.5 Å². The average molecular weight is 439 g/mol. The molecule has 2 aliphatic heterocycles. The summed E-state index contributed by atoms with van der Waals surface area (Å²) in [7, 11) is 0. The Labute approximate surface area is 183 Å². The number of amides is 1. The van der Waals surface area contributed by atoms with Gasteiger partial charge in [-0.3, -0.25) is 14.8 Å². The number of nitrogens with zero attached hydrogens (tertiary/aromatic N) is 4. The number of halogens is 2. The number of piperidine rings is 1. The SMILES string of the molecule is Cl.Cl.O=C(NC1CCN(c2cnccn2)CC1)c1cncc(CC2CCNC2)c1. The van der Waals surface area contributed by atoms with Crippen LogP contribution in [0.3, 0.4) is 0 Å². The molecule has 2 aliphatic rings. The average Bonchev–Trinajstić information content (AvgIpc) is 3.22. The van der Waals surface area contributed by atoms with Crippen LogP contribution in [0.1, 0.15) is 35.2 Å². The van der Waals surface area contributed by atoms with Crippen LogP contribution >= 0.6 is 24.8 Å². The molecule has 0 bridgehead atoms. The summed E-state index contributed by atoms with van der Waals surface area (Å²) in [6, 6.07) is 2.18. The molecule has 2 aromatic rings. The van der Waals surface area contributed by atoms with Gasteiger partial charge in [-0.15, -0.1) is 24.8 Å². The van der Waals surface area contributed by atoms with Crippen molar-refractivity contribution in [2.75, 3.05) is 31.1 Å². The van der Waals surface area contributed by atoms with Crippen LogP contribution in [0.25, 0.3) is 0 Å². The molecule has 0 radical (unpaired) electrons. The lowest BCUT2D eigenvalue weighted by Crippen LogP contribution is -2.45. The number of carbonyl (C=O) groups is 1. The van der Waals surface area contributed by atoms with Gasteiger partial charge in [-0.2, -0.15) is 0 Å².